The number of aromatic nitrogens is 1. The van der Waals surface area contributed by atoms with Gasteiger partial charge >= 0.3 is 0 Å². The molecule has 0 bridgehead atoms. The highest BCUT2D eigenvalue weighted by Gasteiger charge is 2.04. The van der Waals surface area contributed by atoms with Crippen LogP contribution in [0.4, 0.5) is 0 Å². The monoisotopic (exact) mass is 306 g/mol. The van der Waals surface area contributed by atoms with Gasteiger partial charge in [-0.2, -0.15) is 0 Å². The quantitative estimate of drug-likeness (QED) is 0.943. The maximum absolute atomic E-state index is 5.75. The molecule has 0 atom stereocenters. The first-order valence-corrected chi connectivity index (χ1v) is 6.52. The third-order valence-electron chi connectivity index (χ3n) is 2.69. The van der Waals surface area contributed by atoms with E-state index in [9.17, 15) is 0 Å². The summed E-state index contributed by atoms with van der Waals surface area (Å²) in [7, 11) is 0. The number of hydrogen-bond donors (Lipinski definition) is 1. The molecule has 3 nitrogen and oxygen atoms in total. The van der Waals surface area contributed by atoms with Gasteiger partial charge in [-0.15, -0.1) is 0 Å². The van der Waals surface area contributed by atoms with Gasteiger partial charge in [-0.05, 0) is 30.7 Å². The SMILES string of the molecule is Cc1ncccc1OCc1ccc(CN)cc1Br. The van der Waals surface area contributed by atoms with Crippen LogP contribution in [0.5, 0.6) is 5.75 Å². The van der Waals surface area contributed by atoms with Crippen LogP contribution in [-0.2, 0) is 13.2 Å². The van der Waals surface area contributed by atoms with Gasteiger partial charge < -0.3 is 10.5 Å². The smallest absolute Gasteiger partial charge is 0.141 e. The van der Waals surface area contributed by atoms with E-state index in [1.54, 1.807) is 6.20 Å². The molecule has 94 valence electrons. The summed E-state index contributed by atoms with van der Waals surface area (Å²) in [5, 5.41) is 0. The molecule has 4 heteroatoms. The molecule has 2 N–H and O–H groups in total. The molecule has 1 heterocycles. The van der Waals surface area contributed by atoms with Crippen molar-refractivity contribution in [1.82, 2.24) is 4.98 Å². The Bertz CT molecular complexity index is 543. The summed E-state index contributed by atoms with van der Waals surface area (Å²) >= 11 is 3.53. The maximum atomic E-state index is 5.75. The Hall–Kier alpha value is -1.39. The lowest BCUT2D eigenvalue weighted by molar-refractivity contribution is 0.302. The van der Waals surface area contributed by atoms with Gasteiger partial charge in [0.15, 0.2) is 0 Å². The molecule has 0 fully saturated rings. The second kappa shape index (κ2) is 5.98. The Labute approximate surface area is 115 Å². The van der Waals surface area contributed by atoms with Crippen LogP contribution in [-0.4, -0.2) is 4.98 Å². The van der Waals surface area contributed by atoms with Gasteiger partial charge in [0, 0.05) is 22.8 Å². The number of nitrogens with zero attached hydrogens (tertiary/aromatic N) is 1. The van der Waals surface area contributed by atoms with Crippen LogP contribution in [0.2, 0.25) is 0 Å². The van der Waals surface area contributed by atoms with E-state index in [0.29, 0.717) is 13.2 Å². The van der Waals surface area contributed by atoms with Crippen molar-refractivity contribution < 1.29 is 4.74 Å². The lowest BCUT2D eigenvalue weighted by Gasteiger charge is -2.10. The molecule has 1 aromatic heterocycles. The first kappa shape index (κ1) is 13.1. The standard InChI is InChI=1S/C14H15BrN2O/c1-10-14(3-2-6-17-10)18-9-12-5-4-11(8-16)7-13(12)15/h2-7H,8-9,16H2,1H3. The summed E-state index contributed by atoms with van der Waals surface area (Å²) in [4.78, 5) is 4.19. The number of pyridine rings is 1. The number of aryl methyl sites for hydroxylation is 1. The predicted octanol–water partition coefficient (Wildman–Crippen LogP) is 3.19. The van der Waals surface area contributed by atoms with E-state index in [1.165, 1.54) is 0 Å². The van der Waals surface area contributed by atoms with Crippen molar-refractivity contribution in [3.63, 3.8) is 0 Å². The van der Waals surface area contributed by atoms with Gasteiger partial charge in [0.1, 0.15) is 12.4 Å². The van der Waals surface area contributed by atoms with Crippen molar-refractivity contribution in [3.8, 4) is 5.75 Å². The second-order valence-electron chi connectivity index (χ2n) is 4.01. The van der Waals surface area contributed by atoms with E-state index in [2.05, 4.69) is 20.9 Å². The molecule has 0 aliphatic rings. The van der Waals surface area contributed by atoms with Gasteiger partial charge in [0.05, 0.1) is 5.69 Å². The molecule has 0 saturated heterocycles. The Kier molecular flexibility index (Phi) is 4.33. The summed E-state index contributed by atoms with van der Waals surface area (Å²) in [5.74, 6) is 0.812. The largest absolute Gasteiger partial charge is 0.487 e. The molecular formula is C14H15BrN2O. The molecule has 0 amide bonds. The van der Waals surface area contributed by atoms with Crippen LogP contribution in [0.3, 0.4) is 0 Å². The average molecular weight is 307 g/mol. The molecule has 0 unspecified atom stereocenters. The fourth-order valence-electron chi connectivity index (χ4n) is 1.61. The number of benzene rings is 1. The normalized spacial score (nSPS) is 10.4. The van der Waals surface area contributed by atoms with Gasteiger partial charge in [0.25, 0.3) is 0 Å². The van der Waals surface area contributed by atoms with Crippen molar-refractivity contribution in [2.45, 2.75) is 20.1 Å². The van der Waals surface area contributed by atoms with Crippen molar-refractivity contribution in [1.29, 1.82) is 0 Å². The Morgan fingerprint density at radius 2 is 2.17 bits per heavy atom. The highest BCUT2D eigenvalue weighted by molar-refractivity contribution is 9.10. The van der Waals surface area contributed by atoms with E-state index in [-0.39, 0.29) is 0 Å². The van der Waals surface area contributed by atoms with E-state index in [1.807, 2.05) is 37.3 Å². The molecule has 0 aliphatic heterocycles. The fourth-order valence-corrected chi connectivity index (χ4v) is 2.15. The third kappa shape index (κ3) is 3.09. The first-order valence-electron chi connectivity index (χ1n) is 5.72. The van der Waals surface area contributed by atoms with Crippen molar-refractivity contribution >= 4 is 15.9 Å². The number of hydrogen-bond acceptors (Lipinski definition) is 3. The molecule has 0 spiro atoms. The van der Waals surface area contributed by atoms with Crippen molar-refractivity contribution in [2.75, 3.05) is 0 Å². The summed E-state index contributed by atoms with van der Waals surface area (Å²) in [6.07, 6.45) is 1.76. The number of ether oxygens (including phenoxy) is 1. The van der Waals surface area contributed by atoms with Gasteiger partial charge in [0.2, 0.25) is 0 Å². The van der Waals surface area contributed by atoms with E-state index < -0.39 is 0 Å². The molecule has 2 aromatic rings. The lowest BCUT2D eigenvalue weighted by atomic mass is 10.1. The van der Waals surface area contributed by atoms with Crippen molar-refractivity contribution in [2.24, 2.45) is 5.73 Å². The predicted molar refractivity (Wildman–Crippen MR) is 75.3 cm³/mol. The van der Waals surface area contributed by atoms with Crippen LogP contribution in [0.15, 0.2) is 41.0 Å². The highest BCUT2D eigenvalue weighted by atomic mass is 79.9. The summed E-state index contributed by atoms with van der Waals surface area (Å²) < 4.78 is 6.77. The van der Waals surface area contributed by atoms with Crippen LogP contribution in [0, 0.1) is 6.92 Å². The minimum absolute atomic E-state index is 0.512. The Morgan fingerprint density at radius 1 is 1.33 bits per heavy atom. The highest BCUT2D eigenvalue weighted by Crippen LogP contribution is 2.21. The number of rotatable bonds is 4. The van der Waals surface area contributed by atoms with E-state index in [4.69, 9.17) is 10.5 Å². The Balaban J connectivity index is 2.09. The number of halogens is 1. The van der Waals surface area contributed by atoms with Crippen LogP contribution in [0.1, 0.15) is 16.8 Å². The fraction of sp³-hybridized carbons (Fsp3) is 0.214. The van der Waals surface area contributed by atoms with Gasteiger partial charge in [-0.1, -0.05) is 28.1 Å². The van der Waals surface area contributed by atoms with Crippen LogP contribution < -0.4 is 10.5 Å². The van der Waals surface area contributed by atoms with Crippen molar-refractivity contribution in [3.05, 3.63) is 57.8 Å². The first-order chi connectivity index (χ1) is 8.70. The third-order valence-corrected chi connectivity index (χ3v) is 3.43. The average Bonchev–Trinajstić information content (AvgIpc) is 2.39. The zero-order valence-electron chi connectivity index (χ0n) is 10.2. The van der Waals surface area contributed by atoms with Gasteiger partial charge in [-0.3, -0.25) is 4.98 Å². The maximum Gasteiger partial charge on any atom is 0.141 e. The van der Waals surface area contributed by atoms with Crippen LogP contribution >= 0.6 is 15.9 Å². The molecule has 18 heavy (non-hydrogen) atoms. The van der Waals surface area contributed by atoms with Gasteiger partial charge in [-0.25, -0.2) is 0 Å². The summed E-state index contributed by atoms with van der Waals surface area (Å²) in [5.41, 5.74) is 8.68. The number of nitrogens with two attached hydrogens (primary N) is 1. The second-order valence-corrected chi connectivity index (χ2v) is 4.86. The van der Waals surface area contributed by atoms with E-state index >= 15 is 0 Å². The topological polar surface area (TPSA) is 48.1 Å². The molecule has 2 rings (SSSR count). The Morgan fingerprint density at radius 3 is 2.83 bits per heavy atom. The zero-order valence-corrected chi connectivity index (χ0v) is 11.8. The molecule has 0 aliphatic carbocycles. The molecular weight excluding hydrogens is 292 g/mol. The summed E-state index contributed by atoms with van der Waals surface area (Å²) in [6.45, 7) is 2.99. The van der Waals surface area contributed by atoms with Crippen LogP contribution in [0.25, 0.3) is 0 Å². The molecule has 0 saturated carbocycles. The lowest BCUT2D eigenvalue weighted by Crippen LogP contribution is -2.01. The summed E-state index contributed by atoms with van der Waals surface area (Å²) in [6, 6.07) is 9.85. The molecule has 1 aromatic carbocycles. The minimum Gasteiger partial charge on any atom is -0.487 e. The zero-order chi connectivity index (χ0) is 13.0. The minimum atomic E-state index is 0.512. The van der Waals surface area contributed by atoms with E-state index in [0.717, 1.165) is 27.0 Å². The molecule has 0 radical (unpaired) electrons.